The molecule has 0 spiro atoms. The molecule has 4 heteroatoms. The molecule has 0 aliphatic carbocycles. The Bertz CT molecular complexity index is 462. The molecule has 0 bridgehead atoms. The normalized spacial score (nSPS) is 12.7. The van der Waals surface area contributed by atoms with E-state index in [1.807, 2.05) is 55.1 Å². The minimum absolute atomic E-state index is 0.0574. The van der Waals surface area contributed by atoms with Crippen molar-refractivity contribution in [3.8, 4) is 5.75 Å². The molecule has 0 radical (unpaired) electrons. The maximum atomic E-state index is 6.14. The average Bonchev–Trinajstić information content (AvgIpc) is 2.82. The molecule has 2 aromatic rings. The van der Waals surface area contributed by atoms with Crippen LogP contribution < -0.4 is 10.5 Å². The van der Waals surface area contributed by atoms with Crippen LogP contribution in [0.3, 0.4) is 0 Å². The van der Waals surface area contributed by atoms with Crippen LogP contribution in [0, 0.1) is 0 Å². The van der Waals surface area contributed by atoms with Gasteiger partial charge in [0.25, 0.3) is 0 Å². The zero-order valence-corrected chi connectivity index (χ0v) is 10.8. The molecule has 1 aromatic carbocycles. The summed E-state index contributed by atoms with van der Waals surface area (Å²) in [5.41, 5.74) is 7.22. The van der Waals surface area contributed by atoms with E-state index in [1.54, 1.807) is 6.20 Å². The molecule has 0 saturated heterocycles. The fourth-order valence-electron chi connectivity index (χ4n) is 1.78. The summed E-state index contributed by atoms with van der Waals surface area (Å²) in [6.45, 7) is 4.70. The van der Waals surface area contributed by atoms with Gasteiger partial charge < -0.3 is 10.5 Å². The van der Waals surface area contributed by atoms with E-state index in [4.69, 9.17) is 10.5 Å². The van der Waals surface area contributed by atoms with Gasteiger partial charge in [0.05, 0.1) is 12.6 Å². The Morgan fingerprint density at radius 2 is 2.00 bits per heavy atom. The molecule has 96 valence electrons. The summed E-state index contributed by atoms with van der Waals surface area (Å²) in [5, 5.41) is 4.15. The molecular formula is C14H19N3O. The molecule has 1 atom stereocenters. The number of benzene rings is 1. The van der Waals surface area contributed by atoms with Crippen molar-refractivity contribution in [2.45, 2.75) is 32.5 Å². The third kappa shape index (κ3) is 3.34. The van der Waals surface area contributed by atoms with Gasteiger partial charge in [-0.25, -0.2) is 0 Å². The highest BCUT2D eigenvalue weighted by atomic mass is 16.5. The van der Waals surface area contributed by atoms with Crippen LogP contribution in [-0.2, 0) is 6.54 Å². The summed E-state index contributed by atoms with van der Waals surface area (Å²) in [7, 11) is 0. The van der Waals surface area contributed by atoms with Crippen LogP contribution in [0.4, 0.5) is 0 Å². The lowest BCUT2D eigenvalue weighted by Gasteiger charge is -2.14. The van der Waals surface area contributed by atoms with Crippen molar-refractivity contribution < 1.29 is 4.74 Å². The Labute approximate surface area is 107 Å². The van der Waals surface area contributed by atoms with E-state index in [2.05, 4.69) is 5.10 Å². The highest BCUT2D eigenvalue weighted by Crippen LogP contribution is 2.18. The Morgan fingerprint density at radius 1 is 1.28 bits per heavy atom. The molecule has 0 aliphatic heterocycles. The zero-order chi connectivity index (χ0) is 13.0. The second-order valence-electron chi connectivity index (χ2n) is 4.57. The zero-order valence-electron chi connectivity index (χ0n) is 10.8. The van der Waals surface area contributed by atoms with Gasteiger partial charge in [0.2, 0.25) is 0 Å². The minimum Gasteiger partial charge on any atom is -0.491 e. The van der Waals surface area contributed by atoms with Crippen LogP contribution in [0.2, 0.25) is 0 Å². The van der Waals surface area contributed by atoms with Crippen molar-refractivity contribution >= 4 is 0 Å². The highest BCUT2D eigenvalue weighted by molar-refractivity contribution is 5.29. The van der Waals surface area contributed by atoms with Gasteiger partial charge in [-0.15, -0.1) is 0 Å². The topological polar surface area (TPSA) is 53.1 Å². The molecule has 4 nitrogen and oxygen atoms in total. The number of ether oxygens (including phenoxy) is 1. The number of hydrogen-bond acceptors (Lipinski definition) is 3. The minimum atomic E-state index is -0.0574. The first-order chi connectivity index (χ1) is 8.65. The number of aromatic nitrogens is 2. The summed E-state index contributed by atoms with van der Waals surface area (Å²) >= 11 is 0. The van der Waals surface area contributed by atoms with Crippen LogP contribution in [0.25, 0.3) is 0 Å². The molecule has 0 fully saturated rings. The molecular weight excluding hydrogens is 226 g/mol. The highest BCUT2D eigenvalue weighted by Gasteiger charge is 2.07. The first-order valence-corrected chi connectivity index (χ1v) is 6.15. The quantitative estimate of drug-likeness (QED) is 0.879. The Morgan fingerprint density at radius 3 is 2.56 bits per heavy atom. The van der Waals surface area contributed by atoms with Crippen LogP contribution in [0.5, 0.6) is 5.75 Å². The van der Waals surface area contributed by atoms with E-state index < -0.39 is 0 Å². The van der Waals surface area contributed by atoms with E-state index in [0.717, 1.165) is 11.3 Å². The monoisotopic (exact) mass is 245 g/mol. The van der Waals surface area contributed by atoms with Crippen LogP contribution in [0.15, 0.2) is 42.7 Å². The van der Waals surface area contributed by atoms with E-state index in [0.29, 0.717) is 6.54 Å². The lowest BCUT2D eigenvalue weighted by molar-refractivity contribution is 0.242. The maximum absolute atomic E-state index is 6.14. The molecule has 2 N–H and O–H groups in total. The van der Waals surface area contributed by atoms with Gasteiger partial charge >= 0.3 is 0 Å². The number of nitrogens with two attached hydrogens (primary N) is 1. The van der Waals surface area contributed by atoms with Crippen molar-refractivity contribution in [1.29, 1.82) is 0 Å². The van der Waals surface area contributed by atoms with Gasteiger partial charge in [-0.2, -0.15) is 5.10 Å². The van der Waals surface area contributed by atoms with Crippen molar-refractivity contribution in [2.24, 2.45) is 5.73 Å². The van der Waals surface area contributed by atoms with Crippen LogP contribution >= 0.6 is 0 Å². The molecule has 1 aromatic heterocycles. The predicted molar refractivity (Wildman–Crippen MR) is 71.4 cm³/mol. The maximum Gasteiger partial charge on any atom is 0.119 e. The summed E-state index contributed by atoms with van der Waals surface area (Å²) in [4.78, 5) is 0. The van der Waals surface area contributed by atoms with E-state index in [1.165, 1.54) is 0 Å². The number of rotatable bonds is 5. The lowest BCUT2D eigenvalue weighted by Crippen LogP contribution is -2.17. The second-order valence-corrected chi connectivity index (χ2v) is 4.57. The Kier molecular flexibility index (Phi) is 3.99. The summed E-state index contributed by atoms with van der Waals surface area (Å²) in [5.74, 6) is 0.875. The van der Waals surface area contributed by atoms with Crippen molar-refractivity contribution in [3.05, 3.63) is 48.3 Å². The average molecular weight is 245 g/mol. The first-order valence-electron chi connectivity index (χ1n) is 6.15. The molecule has 0 aliphatic rings. The standard InChI is InChI=1S/C14H19N3O/c1-11(2)18-13-6-4-12(5-7-13)14(15)10-17-9-3-8-16-17/h3-9,11,14H,10,15H2,1-2H3. The fraction of sp³-hybridized carbons (Fsp3) is 0.357. The second kappa shape index (κ2) is 5.69. The van der Waals surface area contributed by atoms with Gasteiger partial charge in [0.15, 0.2) is 0 Å². The smallest absolute Gasteiger partial charge is 0.119 e. The van der Waals surface area contributed by atoms with E-state index >= 15 is 0 Å². The van der Waals surface area contributed by atoms with Gasteiger partial charge in [-0.05, 0) is 37.6 Å². The van der Waals surface area contributed by atoms with Gasteiger partial charge in [-0.3, -0.25) is 4.68 Å². The predicted octanol–water partition coefficient (Wildman–Crippen LogP) is 2.37. The molecule has 1 unspecified atom stereocenters. The van der Waals surface area contributed by atoms with Crippen LogP contribution in [-0.4, -0.2) is 15.9 Å². The lowest BCUT2D eigenvalue weighted by atomic mass is 10.1. The third-order valence-corrected chi connectivity index (χ3v) is 2.62. The molecule has 0 amide bonds. The Balaban J connectivity index is 2.00. The SMILES string of the molecule is CC(C)Oc1ccc(C(N)Cn2cccn2)cc1. The summed E-state index contributed by atoms with van der Waals surface area (Å²) < 4.78 is 7.43. The van der Waals surface area contributed by atoms with Gasteiger partial charge in [-0.1, -0.05) is 12.1 Å². The van der Waals surface area contributed by atoms with Gasteiger partial charge in [0.1, 0.15) is 5.75 Å². The summed E-state index contributed by atoms with van der Waals surface area (Å²) in [6.07, 6.45) is 3.86. The first kappa shape index (κ1) is 12.6. The number of nitrogens with zero attached hydrogens (tertiary/aromatic N) is 2. The fourth-order valence-corrected chi connectivity index (χ4v) is 1.78. The molecule has 18 heavy (non-hydrogen) atoms. The third-order valence-electron chi connectivity index (χ3n) is 2.62. The summed E-state index contributed by atoms with van der Waals surface area (Å²) in [6, 6.07) is 9.76. The van der Waals surface area contributed by atoms with E-state index in [9.17, 15) is 0 Å². The Hall–Kier alpha value is -1.81. The van der Waals surface area contributed by atoms with Crippen molar-refractivity contribution in [1.82, 2.24) is 9.78 Å². The molecule has 0 saturated carbocycles. The number of hydrogen-bond donors (Lipinski definition) is 1. The van der Waals surface area contributed by atoms with Crippen molar-refractivity contribution in [3.63, 3.8) is 0 Å². The molecule has 2 rings (SSSR count). The van der Waals surface area contributed by atoms with Crippen LogP contribution in [0.1, 0.15) is 25.5 Å². The molecule has 1 heterocycles. The van der Waals surface area contributed by atoms with E-state index in [-0.39, 0.29) is 12.1 Å². The van der Waals surface area contributed by atoms with Gasteiger partial charge in [0, 0.05) is 18.4 Å². The largest absolute Gasteiger partial charge is 0.491 e. The van der Waals surface area contributed by atoms with Crippen molar-refractivity contribution in [2.75, 3.05) is 0 Å².